The molecule has 0 fully saturated rings. The second-order valence-electron chi connectivity index (χ2n) is 2.54. The van der Waals surface area contributed by atoms with E-state index in [9.17, 15) is 0 Å². The highest BCUT2D eigenvalue weighted by Crippen LogP contribution is 2.19. The Morgan fingerprint density at radius 3 is 2.75 bits per heavy atom. The third-order valence-electron chi connectivity index (χ3n) is 1.76. The predicted octanol–water partition coefficient (Wildman–Crippen LogP) is 2.65. The zero-order valence-corrected chi connectivity index (χ0v) is 6.91. The molecule has 0 saturated carbocycles. The van der Waals surface area contributed by atoms with Crippen LogP contribution < -0.4 is 0 Å². The van der Waals surface area contributed by atoms with Crippen LogP contribution in [-0.4, -0.2) is 0 Å². The summed E-state index contributed by atoms with van der Waals surface area (Å²) in [5.74, 6) is 2.57. The Labute approximate surface area is 72.9 Å². The van der Waals surface area contributed by atoms with E-state index in [2.05, 4.69) is 10.8 Å². The van der Waals surface area contributed by atoms with Gasteiger partial charge in [0.15, 0.2) is 0 Å². The lowest BCUT2D eigenvalue weighted by atomic mass is 10.0. The standard InChI is InChI=1S/C11H9N/c1-4-10-7-5-6-8-11(10)9(2)12-3/h1,5-9H,2H3. The Kier molecular flexibility index (Phi) is 2.51. The lowest BCUT2D eigenvalue weighted by molar-refractivity contribution is 0.957. The van der Waals surface area contributed by atoms with E-state index in [1.807, 2.05) is 31.2 Å². The predicted molar refractivity (Wildman–Crippen MR) is 49.4 cm³/mol. The van der Waals surface area contributed by atoms with Gasteiger partial charge in [-0.15, -0.1) is 6.42 Å². The van der Waals surface area contributed by atoms with Crippen molar-refractivity contribution in [3.05, 3.63) is 46.8 Å². The van der Waals surface area contributed by atoms with Crippen LogP contribution in [0.15, 0.2) is 24.3 Å². The van der Waals surface area contributed by atoms with Gasteiger partial charge >= 0.3 is 0 Å². The van der Waals surface area contributed by atoms with Gasteiger partial charge in [0.1, 0.15) is 0 Å². The molecule has 0 spiro atoms. The van der Waals surface area contributed by atoms with Crippen molar-refractivity contribution in [3.63, 3.8) is 0 Å². The number of hydrogen-bond donors (Lipinski definition) is 0. The first-order chi connectivity index (χ1) is 5.79. The Bertz CT molecular complexity index is 352. The van der Waals surface area contributed by atoms with Crippen molar-refractivity contribution in [1.82, 2.24) is 0 Å². The molecule has 0 aliphatic rings. The monoisotopic (exact) mass is 155 g/mol. The maximum absolute atomic E-state index is 6.87. The molecular weight excluding hydrogens is 146 g/mol. The molecule has 0 saturated heterocycles. The fourth-order valence-electron chi connectivity index (χ4n) is 1.06. The van der Waals surface area contributed by atoms with Gasteiger partial charge in [-0.2, -0.15) is 0 Å². The van der Waals surface area contributed by atoms with Crippen LogP contribution in [0.1, 0.15) is 24.1 Å². The molecule has 0 aromatic heterocycles. The van der Waals surface area contributed by atoms with E-state index >= 15 is 0 Å². The summed E-state index contributed by atoms with van der Waals surface area (Å²) in [6, 6.07) is 7.40. The number of hydrogen-bond acceptors (Lipinski definition) is 0. The highest BCUT2D eigenvalue weighted by molar-refractivity contribution is 5.42. The average Bonchev–Trinajstić information content (AvgIpc) is 2.16. The van der Waals surface area contributed by atoms with Crippen LogP contribution in [0.3, 0.4) is 0 Å². The summed E-state index contributed by atoms with van der Waals surface area (Å²) >= 11 is 0. The maximum atomic E-state index is 6.87. The third kappa shape index (κ3) is 1.47. The summed E-state index contributed by atoms with van der Waals surface area (Å²) in [4.78, 5) is 3.42. The molecule has 1 atom stereocenters. The zero-order valence-electron chi connectivity index (χ0n) is 6.91. The minimum absolute atomic E-state index is 0.141. The molecule has 0 aliphatic carbocycles. The normalized spacial score (nSPS) is 11.2. The van der Waals surface area contributed by atoms with Crippen LogP contribution in [0.5, 0.6) is 0 Å². The van der Waals surface area contributed by atoms with Crippen LogP contribution in [0, 0.1) is 18.9 Å². The molecule has 0 bridgehead atoms. The summed E-state index contributed by atoms with van der Waals surface area (Å²) < 4.78 is 0. The smallest absolute Gasteiger partial charge is 0.247 e. The van der Waals surface area contributed by atoms with Crippen LogP contribution in [-0.2, 0) is 0 Å². The highest BCUT2D eigenvalue weighted by Gasteiger charge is 2.10. The third-order valence-corrected chi connectivity index (χ3v) is 1.76. The van der Waals surface area contributed by atoms with Crippen LogP contribution >= 0.6 is 0 Å². The van der Waals surface area contributed by atoms with E-state index in [0.29, 0.717) is 0 Å². The molecule has 0 N–H and O–H groups in total. The molecule has 1 nitrogen and oxygen atoms in total. The van der Waals surface area contributed by atoms with Gasteiger partial charge in [0.05, 0.1) is 0 Å². The maximum Gasteiger partial charge on any atom is 0.247 e. The molecule has 12 heavy (non-hydrogen) atoms. The van der Waals surface area contributed by atoms with Crippen molar-refractivity contribution in [1.29, 1.82) is 0 Å². The van der Waals surface area contributed by atoms with E-state index in [-0.39, 0.29) is 6.04 Å². The van der Waals surface area contributed by atoms with Gasteiger partial charge < -0.3 is 4.85 Å². The fraction of sp³-hybridized carbons (Fsp3) is 0.182. The van der Waals surface area contributed by atoms with Crippen molar-refractivity contribution >= 4 is 0 Å². The van der Waals surface area contributed by atoms with Crippen LogP contribution in [0.2, 0.25) is 0 Å². The van der Waals surface area contributed by atoms with E-state index < -0.39 is 0 Å². The first kappa shape index (κ1) is 8.37. The summed E-state index contributed by atoms with van der Waals surface area (Å²) in [7, 11) is 0. The van der Waals surface area contributed by atoms with Gasteiger partial charge in [0.2, 0.25) is 6.04 Å². The molecule has 0 aliphatic heterocycles. The lowest BCUT2D eigenvalue weighted by Gasteiger charge is -2.01. The van der Waals surface area contributed by atoms with Crippen molar-refractivity contribution in [2.75, 3.05) is 0 Å². The molecule has 1 heteroatoms. The largest absolute Gasteiger partial charge is 0.309 e. The number of rotatable bonds is 1. The van der Waals surface area contributed by atoms with Gasteiger partial charge in [0, 0.05) is 18.1 Å². The van der Waals surface area contributed by atoms with E-state index in [4.69, 9.17) is 13.0 Å². The summed E-state index contributed by atoms with van der Waals surface area (Å²) in [5, 5.41) is 0. The fourth-order valence-corrected chi connectivity index (χ4v) is 1.06. The topological polar surface area (TPSA) is 4.36 Å². The molecule has 0 radical (unpaired) electrons. The Morgan fingerprint density at radius 2 is 2.17 bits per heavy atom. The second kappa shape index (κ2) is 3.60. The highest BCUT2D eigenvalue weighted by atomic mass is 14.7. The minimum Gasteiger partial charge on any atom is -0.309 e. The van der Waals surface area contributed by atoms with Gasteiger partial charge in [-0.3, -0.25) is 0 Å². The quantitative estimate of drug-likeness (QED) is 0.434. The SMILES string of the molecule is [C-]#[N+]C(C)c1ccccc1C#C. The van der Waals surface area contributed by atoms with E-state index in [1.54, 1.807) is 0 Å². The average molecular weight is 155 g/mol. The number of nitrogens with zero attached hydrogens (tertiary/aromatic N) is 1. The van der Waals surface area contributed by atoms with Crippen LogP contribution in [0.25, 0.3) is 4.85 Å². The second-order valence-corrected chi connectivity index (χ2v) is 2.54. The van der Waals surface area contributed by atoms with Gasteiger partial charge in [0.25, 0.3) is 0 Å². The Hall–Kier alpha value is -1.73. The summed E-state index contributed by atoms with van der Waals surface area (Å²) in [5.41, 5.74) is 1.76. The molecule has 1 aromatic carbocycles. The van der Waals surface area contributed by atoms with Gasteiger partial charge in [-0.05, 0) is 6.07 Å². The first-order valence-corrected chi connectivity index (χ1v) is 3.71. The molecule has 1 unspecified atom stereocenters. The Balaban J connectivity index is 3.18. The molecule has 58 valence electrons. The summed E-state index contributed by atoms with van der Waals surface area (Å²) in [6.45, 7) is 8.72. The van der Waals surface area contributed by atoms with E-state index in [0.717, 1.165) is 11.1 Å². The minimum atomic E-state index is -0.141. The molecular formula is C11H9N. The first-order valence-electron chi connectivity index (χ1n) is 3.71. The zero-order chi connectivity index (χ0) is 8.97. The van der Waals surface area contributed by atoms with Gasteiger partial charge in [-0.25, -0.2) is 6.57 Å². The van der Waals surface area contributed by atoms with Crippen LogP contribution in [0.4, 0.5) is 0 Å². The summed E-state index contributed by atoms with van der Waals surface area (Å²) in [6.07, 6.45) is 5.29. The molecule has 0 amide bonds. The van der Waals surface area contributed by atoms with Crippen molar-refractivity contribution in [2.24, 2.45) is 0 Å². The Morgan fingerprint density at radius 1 is 1.50 bits per heavy atom. The van der Waals surface area contributed by atoms with Crippen molar-refractivity contribution in [2.45, 2.75) is 13.0 Å². The van der Waals surface area contributed by atoms with Gasteiger partial charge in [-0.1, -0.05) is 24.1 Å². The number of benzene rings is 1. The lowest BCUT2D eigenvalue weighted by Crippen LogP contribution is -1.90. The molecule has 1 aromatic rings. The van der Waals surface area contributed by atoms with E-state index in [1.165, 1.54) is 0 Å². The number of terminal acetylenes is 1. The molecule has 1 rings (SSSR count). The van der Waals surface area contributed by atoms with Crippen molar-refractivity contribution in [3.8, 4) is 12.3 Å². The van der Waals surface area contributed by atoms with Crippen molar-refractivity contribution < 1.29 is 0 Å². The molecule has 0 heterocycles.